The lowest BCUT2D eigenvalue weighted by molar-refractivity contribution is 0.527. The molecule has 18 heavy (non-hydrogen) atoms. The zero-order valence-electron chi connectivity index (χ0n) is 10.5. The standard InChI is InChI=1S/C14H16FNOS/c1-3-16-9-11-8-12(15)4-5-14(11)18-13-6-7-17-10(13)2/h4-8,16H,3,9H2,1-2H3. The molecule has 0 unspecified atom stereocenters. The fourth-order valence-electron chi connectivity index (χ4n) is 1.64. The van der Waals surface area contributed by atoms with Crippen LogP contribution in [0.4, 0.5) is 4.39 Å². The van der Waals surface area contributed by atoms with Gasteiger partial charge >= 0.3 is 0 Å². The van der Waals surface area contributed by atoms with Crippen LogP contribution in [-0.2, 0) is 6.54 Å². The van der Waals surface area contributed by atoms with E-state index in [2.05, 4.69) is 5.32 Å². The quantitative estimate of drug-likeness (QED) is 0.885. The molecule has 1 aromatic carbocycles. The zero-order valence-corrected chi connectivity index (χ0v) is 11.3. The highest BCUT2D eigenvalue weighted by Crippen LogP contribution is 2.33. The van der Waals surface area contributed by atoms with Crippen molar-refractivity contribution < 1.29 is 8.81 Å². The third-order valence-electron chi connectivity index (χ3n) is 2.62. The molecular weight excluding hydrogens is 249 g/mol. The molecule has 0 amide bonds. The van der Waals surface area contributed by atoms with Gasteiger partial charge in [-0.05, 0) is 43.3 Å². The van der Waals surface area contributed by atoms with Crippen LogP contribution >= 0.6 is 11.8 Å². The Morgan fingerprint density at radius 2 is 2.11 bits per heavy atom. The smallest absolute Gasteiger partial charge is 0.123 e. The largest absolute Gasteiger partial charge is 0.468 e. The minimum atomic E-state index is -0.198. The SMILES string of the molecule is CCNCc1cc(F)ccc1Sc1ccoc1C. The van der Waals surface area contributed by atoms with Gasteiger partial charge in [0.15, 0.2) is 0 Å². The lowest BCUT2D eigenvalue weighted by Gasteiger charge is -2.09. The molecule has 0 radical (unpaired) electrons. The Labute approximate surface area is 111 Å². The Kier molecular flexibility index (Phi) is 4.44. The highest BCUT2D eigenvalue weighted by Gasteiger charge is 2.09. The summed E-state index contributed by atoms with van der Waals surface area (Å²) in [6.45, 7) is 5.50. The molecule has 1 aromatic heterocycles. The second-order valence-electron chi connectivity index (χ2n) is 3.98. The minimum Gasteiger partial charge on any atom is -0.468 e. The van der Waals surface area contributed by atoms with Crippen LogP contribution in [0.15, 0.2) is 44.7 Å². The Bertz CT molecular complexity index is 524. The van der Waals surface area contributed by atoms with E-state index in [1.165, 1.54) is 6.07 Å². The van der Waals surface area contributed by atoms with Crippen molar-refractivity contribution in [1.82, 2.24) is 5.32 Å². The Morgan fingerprint density at radius 3 is 2.78 bits per heavy atom. The highest BCUT2D eigenvalue weighted by molar-refractivity contribution is 7.99. The van der Waals surface area contributed by atoms with Crippen LogP contribution in [0.2, 0.25) is 0 Å². The maximum Gasteiger partial charge on any atom is 0.123 e. The maximum absolute atomic E-state index is 13.3. The topological polar surface area (TPSA) is 25.2 Å². The number of rotatable bonds is 5. The molecule has 2 rings (SSSR count). The number of hydrogen-bond donors (Lipinski definition) is 1. The molecular formula is C14H16FNOS. The van der Waals surface area contributed by atoms with Gasteiger partial charge < -0.3 is 9.73 Å². The molecule has 0 atom stereocenters. The monoisotopic (exact) mass is 265 g/mol. The molecule has 0 aliphatic rings. The zero-order chi connectivity index (χ0) is 13.0. The van der Waals surface area contributed by atoms with Crippen molar-refractivity contribution in [2.75, 3.05) is 6.54 Å². The Morgan fingerprint density at radius 1 is 1.28 bits per heavy atom. The van der Waals surface area contributed by atoms with E-state index in [9.17, 15) is 4.39 Å². The van der Waals surface area contributed by atoms with Gasteiger partial charge in [0.2, 0.25) is 0 Å². The molecule has 0 saturated carbocycles. The summed E-state index contributed by atoms with van der Waals surface area (Å²) in [5.41, 5.74) is 0.974. The number of aryl methyl sites for hydroxylation is 1. The summed E-state index contributed by atoms with van der Waals surface area (Å²) in [4.78, 5) is 2.13. The third kappa shape index (κ3) is 3.15. The van der Waals surface area contributed by atoms with Crippen LogP contribution in [0.5, 0.6) is 0 Å². The first-order valence-electron chi connectivity index (χ1n) is 5.91. The van der Waals surface area contributed by atoms with E-state index >= 15 is 0 Å². The van der Waals surface area contributed by atoms with E-state index in [0.29, 0.717) is 6.54 Å². The van der Waals surface area contributed by atoms with Crippen molar-refractivity contribution in [2.24, 2.45) is 0 Å². The van der Waals surface area contributed by atoms with Gasteiger partial charge in [-0.15, -0.1) is 0 Å². The number of nitrogens with one attached hydrogen (secondary N) is 1. The van der Waals surface area contributed by atoms with E-state index in [1.807, 2.05) is 26.0 Å². The summed E-state index contributed by atoms with van der Waals surface area (Å²) in [7, 11) is 0. The average Bonchev–Trinajstić information content (AvgIpc) is 2.75. The molecule has 0 aliphatic carbocycles. The maximum atomic E-state index is 13.3. The van der Waals surface area contributed by atoms with Crippen molar-refractivity contribution >= 4 is 11.8 Å². The molecule has 0 saturated heterocycles. The molecule has 0 aliphatic heterocycles. The number of benzene rings is 1. The van der Waals surface area contributed by atoms with Crippen LogP contribution < -0.4 is 5.32 Å². The number of hydrogen-bond acceptors (Lipinski definition) is 3. The van der Waals surface area contributed by atoms with Gasteiger partial charge in [0, 0.05) is 11.4 Å². The van der Waals surface area contributed by atoms with Crippen molar-refractivity contribution in [1.29, 1.82) is 0 Å². The molecule has 96 valence electrons. The minimum absolute atomic E-state index is 0.198. The summed E-state index contributed by atoms with van der Waals surface area (Å²) < 4.78 is 18.5. The van der Waals surface area contributed by atoms with Gasteiger partial charge in [0.1, 0.15) is 11.6 Å². The highest BCUT2D eigenvalue weighted by atomic mass is 32.2. The van der Waals surface area contributed by atoms with Crippen molar-refractivity contribution in [3.63, 3.8) is 0 Å². The van der Waals surface area contributed by atoms with Gasteiger partial charge in [-0.1, -0.05) is 18.7 Å². The molecule has 0 bridgehead atoms. The van der Waals surface area contributed by atoms with Gasteiger partial charge in [-0.25, -0.2) is 4.39 Å². The summed E-state index contributed by atoms with van der Waals surface area (Å²) >= 11 is 1.61. The van der Waals surface area contributed by atoms with Crippen LogP contribution in [0.1, 0.15) is 18.2 Å². The second-order valence-corrected chi connectivity index (χ2v) is 5.06. The van der Waals surface area contributed by atoms with Gasteiger partial charge in [-0.2, -0.15) is 0 Å². The first kappa shape index (κ1) is 13.2. The van der Waals surface area contributed by atoms with E-state index in [4.69, 9.17) is 4.42 Å². The summed E-state index contributed by atoms with van der Waals surface area (Å²) in [5.74, 6) is 0.690. The van der Waals surface area contributed by atoms with Crippen molar-refractivity contribution in [3.05, 3.63) is 47.7 Å². The Hall–Kier alpha value is -1.26. The normalized spacial score (nSPS) is 10.8. The van der Waals surface area contributed by atoms with Crippen LogP contribution in [0.3, 0.4) is 0 Å². The van der Waals surface area contributed by atoms with E-state index in [-0.39, 0.29) is 5.82 Å². The molecule has 2 nitrogen and oxygen atoms in total. The first-order valence-corrected chi connectivity index (χ1v) is 6.73. The van der Waals surface area contributed by atoms with Crippen LogP contribution in [0, 0.1) is 12.7 Å². The first-order chi connectivity index (χ1) is 8.70. The fraction of sp³-hybridized carbons (Fsp3) is 0.286. The Balaban J connectivity index is 2.23. The third-order valence-corrected chi connectivity index (χ3v) is 3.88. The molecule has 1 heterocycles. The summed E-state index contributed by atoms with van der Waals surface area (Å²) in [5, 5.41) is 3.22. The molecule has 0 fully saturated rings. The summed E-state index contributed by atoms with van der Waals surface area (Å²) in [6, 6.07) is 6.83. The van der Waals surface area contributed by atoms with E-state index in [0.717, 1.165) is 27.7 Å². The molecule has 1 N–H and O–H groups in total. The second kappa shape index (κ2) is 6.07. The van der Waals surface area contributed by atoms with Crippen LogP contribution in [-0.4, -0.2) is 6.54 Å². The lowest BCUT2D eigenvalue weighted by Crippen LogP contribution is -2.12. The van der Waals surface area contributed by atoms with Crippen molar-refractivity contribution in [2.45, 2.75) is 30.2 Å². The summed E-state index contributed by atoms with van der Waals surface area (Å²) in [6.07, 6.45) is 1.67. The lowest BCUT2D eigenvalue weighted by atomic mass is 10.2. The predicted octanol–water partition coefficient (Wildman–Crippen LogP) is 3.99. The van der Waals surface area contributed by atoms with Crippen molar-refractivity contribution in [3.8, 4) is 0 Å². The van der Waals surface area contributed by atoms with E-state index < -0.39 is 0 Å². The molecule has 0 spiro atoms. The van der Waals surface area contributed by atoms with E-state index in [1.54, 1.807) is 24.1 Å². The number of furan rings is 1. The van der Waals surface area contributed by atoms with Gasteiger partial charge in [0.25, 0.3) is 0 Å². The van der Waals surface area contributed by atoms with Crippen LogP contribution in [0.25, 0.3) is 0 Å². The fourth-order valence-corrected chi connectivity index (χ4v) is 2.59. The predicted molar refractivity (Wildman–Crippen MR) is 71.3 cm³/mol. The van der Waals surface area contributed by atoms with Gasteiger partial charge in [0.05, 0.1) is 11.2 Å². The average molecular weight is 265 g/mol. The molecule has 2 aromatic rings. The molecule has 4 heteroatoms. The van der Waals surface area contributed by atoms with Gasteiger partial charge in [-0.3, -0.25) is 0 Å². The number of halogens is 1.